The Hall–Kier alpha value is -2.02. The second-order valence-corrected chi connectivity index (χ2v) is 3.68. The van der Waals surface area contributed by atoms with Crippen molar-refractivity contribution in [3.63, 3.8) is 0 Å². The van der Waals surface area contributed by atoms with Gasteiger partial charge in [0.15, 0.2) is 0 Å². The second kappa shape index (κ2) is 5.17. The first-order chi connectivity index (χ1) is 7.84. The van der Waals surface area contributed by atoms with Crippen LogP contribution in [0.4, 0.5) is 0 Å². The standard InChI is InChI=1S/C15H14O/c16-15-11-9-14(10-12-15)8-4-7-13-5-2-1-3-6-13/h1-7,9-12,16H,8H2. The van der Waals surface area contributed by atoms with E-state index in [1.807, 2.05) is 30.3 Å². The number of phenols is 1. The van der Waals surface area contributed by atoms with Crippen LogP contribution in [0, 0.1) is 0 Å². The molecule has 2 aromatic rings. The van der Waals surface area contributed by atoms with E-state index in [0.717, 1.165) is 6.42 Å². The lowest BCUT2D eigenvalue weighted by Crippen LogP contribution is -1.79. The van der Waals surface area contributed by atoms with Crippen LogP contribution in [0.15, 0.2) is 60.7 Å². The van der Waals surface area contributed by atoms with Gasteiger partial charge in [-0.15, -0.1) is 0 Å². The monoisotopic (exact) mass is 210 g/mol. The SMILES string of the molecule is Oc1ccc(CC=Cc2ccccc2)cc1. The zero-order chi connectivity index (χ0) is 11.2. The van der Waals surface area contributed by atoms with Crippen molar-refractivity contribution in [2.45, 2.75) is 6.42 Å². The van der Waals surface area contributed by atoms with Crippen LogP contribution in [0.3, 0.4) is 0 Å². The lowest BCUT2D eigenvalue weighted by atomic mass is 10.1. The number of rotatable bonds is 3. The zero-order valence-electron chi connectivity index (χ0n) is 9.01. The summed E-state index contributed by atoms with van der Waals surface area (Å²) >= 11 is 0. The normalized spacial score (nSPS) is 10.8. The van der Waals surface area contributed by atoms with Gasteiger partial charge in [0.25, 0.3) is 0 Å². The number of benzene rings is 2. The van der Waals surface area contributed by atoms with Gasteiger partial charge in [-0.2, -0.15) is 0 Å². The molecule has 0 aliphatic carbocycles. The molecule has 1 nitrogen and oxygen atoms in total. The fourth-order valence-electron chi connectivity index (χ4n) is 1.53. The molecule has 0 aliphatic rings. The maximum atomic E-state index is 9.14. The first-order valence-electron chi connectivity index (χ1n) is 5.34. The van der Waals surface area contributed by atoms with Crippen LogP contribution < -0.4 is 0 Å². The Morgan fingerprint density at radius 1 is 0.875 bits per heavy atom. The molecule has 0 aromatic heterocycles. The highest BCUT2D eigenvalue weighted by Crippen LogP contribution is 2.11. The van der Waals surface area contributed by atoms with Gasteiger partial charge in [0.1, 0.15) is 5.75 Å². The fraction of sp³-hybridized carbons (Fsp3) is 0.0667. The average molecular weight is 210 g/mol. The molecular formula is C15H14O. The number of hydrogen-bond acceptors (Lipinski definition) is 1. The second-order valence-electron chi connectivity index (χ2n) is 3.68. The van der Waals surface area contributed by atoms with E-state index in [4.69, 9.17) is 5.11 Å². The van der Waals surface area contributed by atoms with Gasteiger partial charge >= 0.3 is 0 Å². The topological polar surface area (TPSA) is 20.2 Å². The smallest absolute Gasteiger partial charge is 0.115 e. The molecule has 0 heterocycles. The van der Waals surface area contributed by atoms with Crippen LogP contribution in [-0.2, 0) is 6.42 Å². The number of allylic oxidation sites excluding steroid dienone is 1. The minimum atomic E-state index is 0.316. The Labute approximate surface area is 95.7 Å². The van der Waals surface area contributed by atoms with E-state index in [2.05, 4.69) is 24.3 Å². The molecule has 0 unspecified atom stereocenters. The summed E-state index contributed by atoms with van der Waals surface area (Å²) < 4.78 is 0. The molecule has 16 heavy (non-hydrogen) atoms. The van der Waals surface area contributed by atoms with Crippen LogP contribution in [0.25, 0.3) is 6.08 Å². The van der Waals surface area contributed by atoms with Crippen LogP contribution in [-0.4, -0.2) is 5.11 Å². The molecule has 80 valence electrons. The summed E-state index contributed by atoms with van der Waals surface area (Å²) in [6, 6.07) is 17.5. The Morgan fingerprint density at radius 2 is 1.56 bits per heavy atom. The van der Waals surface area contributed by atoms with Crippen molar-refractivity contribution in [3.05, 3.63) is 71.8 Å². The predicted molar refractivity (Wildman–Crippen MR) is 67.3 cm³/mol. The maximum absolute atomic E-state index is 9.14. The van der Waals surface area contributed by atoms with Crippen molar-refractivity contribution in [1.82, 2.24) is 0 Å². The van der Waals surface area contributed by atoms with E-state index >= 15 is 0 Å². The minimum Gasteiger partial charge on any atom is -0.508 e. The quantitative estimate of drug-likeness (QED) is 0.819. The third-order valence-electron chi connectivity index (χ3n) is 2.40. The van der Waals surface area contributed by atoms with Gasteiger partial charge in [-0.1, -0.05) is 54.6 Å². The van der Waals surface area contributed by atoms with Crippen LogP contribution >= 0.6 is 0 Å². The first-order valence-corrected chi connectivity index (χ1v) is 5.34. The fourth-order valence-corrected chi connectivity index (χ4v) is 1.53. The van der Waals surface area contributed by atoms with E-state index in [-0.39, 0.29) is 0 Å². The zero-order valence-corrected chi connectivity index (χ0v) is 9.01. The molecule has 1 N–H and O–H groups in total. The van der Waals surface area contributed by atoms with E-state index in [1.54, 1.807) is 12.1 Å². The Balaban J connectivity index is 1.97. The lowest BCUT2D eigenvalue weighted by Gasteiger charge is -1.96. The van der Waals surface area contributed by atoms with Crippen molar-refractivity contribution in [2.75, 3.05) is 0 Å². The molecule has 0 radical (unpaired) electrons. The number of phenolic OH excluding ortho intramolecular Hbond substituents is 1. The molecule has 2 rings (SSSR count). The maximum Gasteiger partial charge on any atom is 0.115 e. The van der Waals surface area contributed by atoms with Crippen LogP contribution in [0.1, 0.15) is 11.1 Å². The van der Waals surface area contributed by atoms with Gasteiger partial charge < -0.3 is 5.11 Å². The van der Waals surface area contributed by atoms with E-state index in [0.29, 0.717) is 5.75 Å². The van der Waals surface area contributed by atoms with Gasteiger partial charge in [-0.05, 0) is 29.7 Å². The van der Waals surface area contributed by atoms with Gasteiger partial charge in [0.05, 0.1) is 0 Å². The van der Waals surface area contributed by atoms with Gasteiger partial charge in [0, 0.05) is 0 Å². The van der Waals surface area contributed by atoms with E-state index < -0.39 is 0 Å². The van der Waals surface area contributed by atoms with Gasteiger partial charge in [-0.25, -0.2) is 0 Å². The average Bonchev–Trinajstić information content (AvgIpc) is 2.33. The highest BCUT2D eigenvalue weighted by atomic mass is 16.3. The largest absolute Gasteiger partial charge is 0.508 e. The third kappa shape index (κ3) is 2.99. The molecule has 0 fully saturated rings. The Morgan fingerprint density at radius 3 is 2.25 bits per heavy atom. The third-order valence-corrected chi connectivity index (χ3v) is 2.40. The highest BCUT2D eigenvalue weighted by molar-refractivity contribution is 5.49. The molecule has 0 saturated carbocycles. The minimum absolute atomic E-state index is 0.316. The van der Waals surface area contributed by atoms with Crippen molar-refractivity contribution in [3.8, 4) is 5.75 Å². The molecule has 0 amide bonds. The summed E-state index contributed by atoms with van der Waals surface area (Å²) in [7, 11) is 0. The molecule has 0 saturated heterocycles. The molecule has 0 spiro atoms. The summed E-state index contributed by atoms with van der Waals surface area (Å²) in [5.74, 6) is 0.316. The van der Waals surface area contributed by atoms with Crippen molar-refractivity contribution < 1.29 is 5.11 Å². The molecule has 2 aromatic carbocycles. The summed E-state index contributed by atoms with van der Waals surface area (Å²) in [6.07, 6.45) is 5.11. The van der Waals surface area contributed by atoms with Gasteiger partial charge in [0.2, 0.25) is 0 Å². The summed E-state index contributed by atoms with van der Waals surface area (Å²) in [4.78, 5) is 0. The Bertz CT molecular complexity index is 455. The molecule has 0 atom stereocenters. The summed E-state index contributed by atoms with van der Waals surface area (Å²) in [5, 5.41) is 9.14. The lowest BCUT2D eigenvalue weighted by molar-refractivity contribution is 0.475. The van der Waals surface area contributed by atoms with E-state index in [1.165, 1.54) is 11.1 Å². The first kappa shape index (κ1) is 10.5. The van der Waals surface area contributed by atoms with E-state index in [9.17, 15) is 0 Å². The summed E-state index contributed by atoms with van der Waals surface area (Å²) in [6.45, 7) is 0. The molecule has 1 heteroatoms. The van der Waals surface area contributed by atoms with Crippen LogP contribution in [0.5, 0.6) is 5.75 Å². The Kier molecular flexibility index (Phi) is 3.39. The number of aromatic hydroxyl groups is 1. The highest BCUT2D eigenvalue weighted by Gasteiger charge is 1.90. The molecular weight excluding hydrogens is 196 g/mol. The number of hydrogen-bond donors (Lipinski definition) is 1. The van der Waals surface area contributed by atoms with Crippen molar-refractivity contribution in [1.29, 1.82) is 0 Å². The summed E-state index contributed by atoms with van der Waals surface area (Å²) in [5.41, 5.74) is 2.41. The molecule has 0 aliphatic heterocycles. The predicted octanol–water partition coefficient (Wildman–Crippen LogP) is 3.65. The van der Waals surface area contributed by atoms with Crippen molar-refractivity contribution in [2.24, 2.45) is 0 Å². The van der Waals surface area contributed by atoms with Gasteiger partial charge in [-0.3, -0.25) is 0 Å². The molecule has 0 bridgehead atoms. The van der Waals surface area contributed by atoms with Crippen molar-refractivity contribution >= 4 is 6.08 Å². The van der Waals surface area contributed by atoms with Crippen LogP contribution in [0.2, 0.25) is 0 Å².